The molecule has 0 aliphatic carbocycles. The first-order valence-electron chi connectivity index (χ1n) is 6.89. The van der Waals surface area contributed by atoms with Crippen molar-refractivity contribution in [3.05, 3.63) is 29.3 Å². The van der Waals surface area contributed by atoms with Crippen LogP contribution in [0.3, 0.4) is 0 Å². The first kappa shape index (κ1) is 14.4. The number of rotatable bonds is 4. The summed E-state index contributed by atoms with van der Waals surface area (Å²) in [7, 11) is 1.58. The molecule has 1 aliphatic rings. The number of anilines is 1. The van der Waals surface area contributed by atoms with Crippen LogP contribution in [0.4, 0.5) is 10.5 Å². The molecule has 0 bridgehead atoms. The quantitative estimate of drug-likeness (QED) is 0.917. The Labute approximate surface area is 118 Å². The molecular formula is C15H20N2O3. The van der Waals surface area contributed by atoms with E-state index in [1.165, 1.54) is 4.90 Å². The van der Waals surface area contributed by atoms with E-state index in [0.717, 1.165) is 29.7 Å². The third-order valence-electron chi connectivity index (χ3n) is 3.67. The summed E-state index contributed by atoms with van der Waals surface area (Å²) in [6, 6.07) is 5.46. The van der Waals surface area contributed by atoms with Crippen molar-refractivity contribution >= 4 is 17.7 Å². The highest BCUT2D eigenvalue weighted by atomic mass is 16.6. The predicted molar refractivity (Wildman–Crippen MR) is 76.7 cm³/mol. The number of hydrogen-bond donors (Lipinski definition) is 1. The highest BCUT2D eigenvalue weighted by Gasteiger charge is 2.35. The van der Waals surface area contributed by atoms with Crippen LogP contribution in [0.25, 0.3) is 0 Å². The molecule has 1 N–H and O–H groups in total. The molecule has 2 amide bonds. The zero-order chi connectivity index (χ0) is 14.7. The molecule has 1 atom stereocenters. The van der Waals surface area contributed by atoms with Crippen LogP contribution in [0.1, 0.15) is 25.0 Å². The minimum absolute atomic E-state index is 0.108. The van der Waals surface area contributed by atoms with Gasteiger partial charge in [-0.2, -0.15) is 0 Å². The largest absolute Gasteiger partial charge is 0.447 e. The fourth-order valence-corrected chi connectivity index (χ4v) is 2.35. The average molecular weight is 276 g/mol. The van der Waals surface area contributed by atoms with E-state index < -0.39 is 12.1 Å². The predicted octanol–water partition coefficient (Wildman–Crippen LogP) is 2.20. The number of nitrogens with zero attached hydrogens (tertiary/aromatic N) is 1. The number of nitrogens with one attached hydrogen (secondary N) is 1. The van der Waals surface area contributed by atoms with Gasteiger partial charge >= 0.3 is 6.09 Å². The fraction of sp³-hybridized carbons (Fsp3) is 0.467. The molecule has 1 aromatic rings. The Morgan fingerprint density at radius 3 is 2.40 bits per heavy atom. The van der Waals surface area contributed by atoms with Gasteiger partial charge in [0.15, 0.2) is 0 Å². The second-order valence-corrected chi connectivity index (χ2v) is 4.85. The van der Waals surface area contributed by atoms with Crippen LogP contribution >= 0.6 is 0 Å². The zero-order valence-electron chi connectivity index (χ0n) is 12.1. The number of ether oxygens (including phenoxy) is 1. The Balaban J connectivity index is 2.21. The second kappa shape index (κ2) is 5.94. The van der Waals surface area contributed by atoms with Gasteiger partial charge in [0.05, 0.1) is 0 Å². The van der Waals surface area contributed by atoms with Gasteiger partial charge < -0.3 is 10.1 Å². The summed E-state index contributed by atoms with van der Waals surface area (Å²) in [6.07, 6.45) is 1.24. The molecule has 108 valence electrons. The summed E-state index contributed by atoms with van der Waals surface area (Å²) >= 11 is 0. The number of benzene rings is 1. The van der Waals surface area contributed by atoms with Crippen LogP contribution in [0.2, 0.25) is 0 Å². The molecule has 1 saturated heterocycles. The van der Waals surface area contributed by atoms with Crippen molar-refractivity contribution < 1.29 is 14.3 Å². The molecule has 1 aliphatic heterocycles. The number of aryl methyl sites for hydroxylation is 2. The van der Waals surface area contributed by atoms with Gasteiger partial charge in [0.25, 0.3) is 5.91 Å². The molecule has 5 nitrogen and oxygen atoms in total. The minimum atomic E-state index is -0.558. The molecule has 1 heterocycles. The van der Waals surface area contributed by atoms with Gasteiger partial charge in [-0.1, -0.05) is 32.0 Å². The SMILES string of the molecule is CCc1cccc(CC)c1NC(=O)C1COC(=O)N1C. The molecule has 0 saturated carbocycles. The van der Waals surface area contributed by atoms with Crippen molar-refractivity contribution in [2.75, 3.05) is 19.0 Å². The highest BCUT2D eigenvalue weighted by Crippen LogP contribution is 2.23. The molecule has 1 fully saturated rings. The van der Waals surface area contributed by atoms with Gasteiger partial charge in [0.1, 0.15) is 12.6 Å². The number of carbonyl (C=O) groups excluding carboxylic acids is 2. The van der Waals surface area contributed by atoms with Crippen molar-refractivity contribution in [1.29, 1.82) is 0 Å². The summed E-state index contributed by atoms with van der Waals surface area (Å²) in [6.45, 7) is 4.22. The lowest BCUT2D eigenvalue weighted by Crippen LogP contribution is -2.40. The smallest absolute Gasteiger partial charge is 0.410 e. The molecule has 1 unspecified atom stereocenters. The van der Waals surface area contributed by atoms with E-state index in [2.05, 4.69) is 19.2 Å². The Morgan fingerprint density at radius 1 is 1.35 bits per heavy atom. The second-order valence-electron chi connectivity index (χ2n) is 4.85. The fourth-order valence-electron chi connectivity index (χ4n) is 2.35. The van der Waals surface area contributed by atoms with Crippen LogP contribution in [0.5, 0.6) is 0 Å². The monoisotopic (exact) mass is 276 g/mol. The van der Waals surface area contributed by atoms with Crippen molar-refractivity contribution in [2.45, 2.75) is 32.7 Å². The van der Waals surface area contributed by atoms with Crippen LogP contribution in [0.15, 0.2) is 18.2 Å². The lowest BCUT2D eigenvalue weighted by atomic mass is 10.0. The number of amides is 2. The first-order valence-corrected chi connectivity index (χ1v) is 6.89. The standard InChI is InChI=1S/C15H20N2O3/c1-4-10-7-6-8-11(5-2)13(10)16-14(18)12-9-20-15(19)17(12)3/h6-8,12H,4-5,9H2,1-3H3,(H,16,18). The van der Waals surface area contributed by atoms with Crippen molar-refractivity contribution in [3.8, 4) is 0 Å². The third kappa shape index (κ3) is 2.61. The molecule has 0 spiro atoms. The molecule has 0 aromatic heterocycles. The highest BCUT2D eigenvalue weighted by molar-refractivity contribution is 5.98. The van der Waals surface area contributed by atoms with E-state index in [1.807, 2.05) is 18.2 Å². The third-order valence-corrected chi connectivity index (χ3v) is 3.67. The topological polar surface area (TPSA) is 58.6 Å². The summed E-state index contributed by atoms with van der Waals surface area (Å²) in [5.74, 6) is -0.200. The Kier molecular flexibility index (Phi) is 4.27. The van der Waals surface area contributed by atoms with Crippen molar-refractivity contribution in [2.24, 2.45) is 0 Å². The number of para-hydroxylation sites is 1. The van der Waals surface area contributed by atoms with Crippen molar-refractivity contribution in [1.82, 2.24) is 4.90 Å². The lowest BCUT2D eigenvalue weighted by molar-refractivity contribution is -0.119. The van der Waals surface area contributed by atoms with Crippen LogP contribution in [0, 0.1) is 0 Å². The van der Waals surface area contributed by atoms with Gasteiger partial charge in [-0.15, -0.1) is 0 Å². The summed E-state index contributed by atoms with van der Waals surface area (Å²) < 4.78 is 4.88. The average Bonchev–Trinajstić information content (AvgIpc) is 2.79. The van der Waals surface area contributed by atoms with Crippen molar-refractivity contribution in [3.63, 3.8) is 0 Å². The van der Waals surface area contributed by atoms with E-state index >= 15 is 0 Å². The first-order chi connectivity index (χ1) is 9.58. The van der Waals surface area contributed by atoms with Crippen LogP contribution < -0.4 is 5.32 Å². The molecule has 2 rings (SSSR count). The lowest BCUT2D eigenvalue weighted by Gasteiger charge is -2.19. The summed E-state index contributed by atoms with van der Waals surface area (Å²) in [5, 5.41) is 2.96. The van der Waals surface area contributed by atoms with E-state index in [4.69, 9.17) is 4.74 Å². The number of hydrogen-bond acceptors (Lipinski definition) is 3. The molecule has 5 heteroatoms. The van der Waals surface area contributed by atoms with Gasteiger partial charge in [-0.25, -0.2) is 4.79 Å². The minimum Gasteiger partial charge on any atom is -0.447 e. The molecule has 1 aromatic carbocycles. The molecule has 0 radical (unpaired) electrons. The maximum absolute atomic E-state index is 12.3. The van der Waals surface area contributed by atoms with Gasteiger partial charge in [-0.3, -0.25) is 9.69 Å². The van der Waals surface area contributed by atoms with E-state index in [-0.39, 0.29) is 12.5 Å². The maximum atomic E-state index is 12.3. The van der Waals surface area contributed by atoms with Crippen LogP contribution in [-0.4, -0.2) is 36.6 Å². The summed E-state index contributed by atoms with van der Waals surface area (Å²) in [5.41, 5.74) is 3.08. The van der Waals surface area contributed by atoms with Gasteiger partial charge in [0, 0.05) is 12.7 Å². The van der Waals surface area contributed by atoms with E-state index in [9.17, 15) is 9.59 Å². The van der Waals surface area contributed by atoms with Gasteiger partial charge in [0.2, 0.25) is 0 Å². The van der Waals surface area contributed by atoms with E-state index in [1.54, 1.807) is 7.05 Å². The Hall–Kier alpha value is -2.04. The number of carbonyl (C=O) groups is 2. The number of likely N-dealkylation sites (N-methyl/N-ethyl adjacent to an activating group) is 1. The van der Waals surface area contributed by atoms with Gasteiger partial charge in [-0.05, 0) is 24.0 Å². The normalized spacial score (nSPS) is 18.1. The maximum Gasteiger partial charge on any atom is 0.410 e. The Bertz CT molecular complexity index is 506. The number of cyclic esters (lactones) is 1. The zero-order valence-corrected chi connectivity index (χ0v) is 12.1. The molecular weight excluding hydrogens is 256 g/mol. The van der Waals surface area contributed by atoms with Crippen LogP contribution in [-0.2, 0) is 22.4 Å². The molecule has 20 heavy (non-hydrogen) atoms. The van der Waals surface area contributed by atoms with E-state index in [0.29, 0.717) is 0 Å². The summed E-state index contributed by atoms with van der Waals surface area (Å²) in [4.78, 5) is 25.0. The Morgan fingerprint density at radius 2 is 1.95 bits per heavy atom.